The van der Waals surface area contributed by atoms with Gasteiger partial charge in [-0.25, -0.2) is 31.6 Å². The minimum Gasteiger partial charge on any atom is -0.444 e. The first-order chi connectivity index (χ1) is 24.2. The largest absolute Gasteiger partial charge is 0.444 e. The number of aromatic nitrogens is 4. The van der Waals surface area contributed by atoms with Crippen molar-refractivity contribution in [1.82, 2.24) is 24.0 Å². The summed E-state index contributed by atoms with van der Waals surface area (Å²) in [4.78, 5) is 24.3. The SMILES string of the molecule is CC(C)(C)OC(=O)NC1CCN(c2ccc(S(=O)(=O)Nc3ncns3)cc2)CC1.NC1CCN(c2ccc(S(=O)(=O)Nc3ncns3)cc2)CC1. The predicted molar refractivity (Wildman–Crippen MR) is 198 cm³/mol. The number of amides is 1. The molecule has 2 aliphatic heterocycles. The number of carbonyl (C=O) groups is 1. The molecule has 20 heteroatoms. The lowest BCUT2D eigenvalue weighted by Crippen LogP contribution is -2.46. The van der Waals surface area contributed by atoms with Crippen LogP contribution in [0.2, 0.25) is 0 Å². The molecule has 4 heterocycles. The summed E-state index contributed by atoms with van der Waals surface area (Å²) in [5.74, 6) is 0. The maximum Gasteiger partial charge on any atom is 0.407 e. The van der Waals surface area contributed by atoms with Gasteiger partial charge in [0.2, 0.25) is 10.3 Å². The fourth-order valence-corrected chi connectivity index (χ4v) is 8.69. The van der Waals surface area contributed by atoms with Crippen molar-refractivity contribution >= 4 is 70.8 Å². The van der Waals surface area contributed by atoms with E-state index in [0.29, 0.717) is 0 Å². The van der Waals surface area contributed by atoms with Gasteiger partial charge < -0.3 is 25.6 Å². The summed E-state index contributed by atoms with van der Waals surface area (Å²) in [5, 5.41) is 3.40. The predicted octanol–water partition coefficient (Wildman–Crippen LogP) is 4.10. The van der Waals surface area contributed by atoms with E-state index >= 15 is 0 Å². The molecule has 2 fully saturated rings. The number of piperidine rings is 2. The number of carbonyl (C=O) groups excluding carboxylic acids is 1. The van der Waals surface area contributed by atoms with Crippen LogP contribution in [0.3, 0.4) is 0 Å². The molecule has 2 saturated heterocycles. The van der Waals surface area contributed by atoms with Gasteiger partial charge in [0.15, 0.2) is 0 Å². The molecule has 4 aromatic rings. The zero-order valence-electron chi connectivity index (χ0n) is 28.4. The highest BCUT2D eigenvalue weighted by molar-refractivity contribution is 7.93. The minimum absolute atomic E-state index is 0.0665. The molecule has 0 bridgehead atoms. The Bertz CT molecular complexity index is 1910. The first kappa shape index (κ1) is 38.1. The smallest absolute Gasteiger partial charge is 0.407 e. The number of nitrogens with one attached hydrogen (secondary N) is 3. The van der Waals surface area contributed by atoms with Gasteiger partial charge in [0.25, 0.3) is 20.0 Å². The molecule has 6 rings (SSSR count). The van der Waals surface area contributed by atoms with Gasteiger partial charge in [0.1, 0.15) is 18.3 Å². The molecule has 0 spiro atoms. The van der Waals surface area contributed by atoms with Crippen molar-refractivity contribution in [3.8, 4) is 0 Å². The zero-order valence-corrected chi connectivity index (χ0v) is 31.7. The molecule has 0 aliphatic carbocycles. The first-order valence-electron chi connectivity index (χ1n) is 16.2. The summed E-state index contributed by atoms with van der Waals surface area (Å²) < 4.78 is 66.9. The van der Waals surface area contributed by atoms with Gasteiger partial charge in [-0.2, -0.15) is 8.75 Å². The average molecular weight is 779 g/mol. The quantitative estimate of drug-likeness (QED) is 0.189. The van der Waals surface area contributed by atoms with Crippen molar-refractivity contribution < 1.29 is 26.4 Å². The van der Waals surface area contributed by atoms with Crippen LogP contribution in [0.15, 0.2) is 71.0 Å². The summed E-state index contributed by atoms with van der Waals surface area (Å²) in [6.07, 6.45) is 5.71. The number of benzene rings is 2. The number of alkyl carbamates (subject to hydrolysis) is 1. The number of hydrogen-bond acceptors (Lipinski definition) is 15. The van der Waals surface area contributed by atoms with E-state index in [2.05, 4.69) is 43.3 Å². The third kappa shape index (κ3) is 11.2. The molecule has 276 valence electrons. The molecule has 1 amide bonds. The van der Waals surface area contributed by atoms with Crippen molar-refractivity contribution in [3.05, 3.63) is 61.2 Å². The van der Waals surface area contributed by atoms with Crippen LogP contribution in [-0.4, -0.2) is 85.5 Å². The third-order valence-corrected chi connectivity index (χ3v) is 12.1. The fraction of sp³-hybridized carbons (Fsp3) is 0.452. The Morgan fingerprint density at radius 3 is 1.53 bits per heavy atom. The van der Waals surface area contributed by atoms with Crippen LogP contribution >= 0.6 is 23.1 Å². The summed E-state index contributed by atoms with van der Waals surface area (Å²) in [6.45, 7) is 8.82. The topological polar surface area (TPSA) is 215 Å². The van der Waals surface area contributed by atoms with E-state index in [4.69, 9.17) is 10.5 Å². The Labute approximate surface area is 306 Å². The van der Waals surface area contributed by atoms with E-state index in [0.717, 1.165) is 86.3 Å². The van der Waals surface area contributed by atoms with Crippen molar-refractivity contribution in [2.75, 3.05) is 45.4 Å². The Morgan fingerprint density at radius 1 is 0.745 bits per heavy atom. The summed E-state index contributed by atoms with van der Waals surface area (Å²) in [7, 11) is -7.31. The molecule has 0 atom stereocenters. The van der Waals surface area contributed by atoms with E-state index in [1.165, 1.54) is 12.7 Å². The second-order valence-electron chi connectivity index (χ2n) is 12.9. The number of nitrogens with two attached hydrogens (primary N) is 1. The second-order valence-corrected chi connectivity index (χ2v) is 17.8. The molecule has 0 unspecified atom stereocenters. The lowest BCUT2D eigenvalue weighted by Gasteiger charge is -2.34. The summed E-state index contributed by atoms with van der Waals surface area (Å²) in [6, 6.07) is 13.9. The molecule has 16 nitrogen and oxygen atoms in total. The Morgan fingerprint density at radius 2 is 1.16 bits per heavy atom. The second kappa shape index (κ2) is 16.5. The Hall–Kier alpha value is -4.11. The van der Waals surface area contributed by atoms with Crippen LogP contribution in [0.4, 0.5) is 26.4 Å². The highest BCUT2D eigenvalue weighted by Gasteiger charge is 2.25. The summed E-state index contributed by atoms with van der Waals surface area (Å²) in [5.41, 5.74) is 7.34. The van der Waals surface area contributed by atoms with Crippen LogP contribution in [0.25, 0.3) is 0 Å². The maximum absolute atomic E-state index is 12.4. The molecule has 2 aromatic heterocycles. The first-order valence-corrected chi connectivity index (χ1v) is 20.7. The van der Waals surface area contributed by atoms with Gasteiger partial charge >= 0.3 is 6.09 Å². The van der Waals surface area contributed by atoms with Crippen LogP contribution in [-0.2, 0) is 24.8 Å². The molecular formula is C31H42N10O6S4. The number of nitrogens with zero attached hydrogens (tertiary/aromatic N) is 6. The lowest BCUT2D eigenvalue weighted by molar-refractivity contribution is 0.0497. The van der Waals surface area contributed by atoms with E-state index in [-0.39, 0.29) is 32.1 Å². The van der Waals surface area contributed by atoms with Crippen LogP contribution in [0, 0.1) is 0 Å². The zero-order chi connectivity index (χ0) is 36.6. The lowest BCUT2D eigenvalue weighted by atomic mass is 10.0. The summed E-state index contributed by atoms with van der Waals surface area (Å²) >= 11 is 1.98. The normalized spacial score (nSPS) is 16.2. The van der Waals surface area contributed by atoms with Crippen LogP contribution in [0.5, 0.6) is 0 Å². The monoisotopic (exact) mass is 778 g/mol. The van der Waals surface area contributed by atoms with Gasteiger partial charge in [-0.15, -0.1) is 0 Å². The average Bonchev–Trinajstić information content (AvgIpc) is 3.79. The maximum atomic E-state index is 12.4. The van der Waals surface area contributed by atoms with Crippen LogP contribution < -0.4 is 30.3 Å². The Balaban J connectivity index is 0.000000205. The number of anilines is 4. The molecular weight excluding hydrogens is 737 g/mol. The Kier molecular flexibility index (Phi) is 12.3. The van der Waals surface area contributed by atoms with E-state index in [9.17, 15) is 21.6 Å². The van der Waals surface area contributed by atoms with Crippen molar-refractivity contribution in [3.63, 3.8) is 0 Å². The van der Waals surface area contributed by atoms with Gasteiger partial charge in [-0.05, 0) is 95.0 Å². The molecule has 0 radical (unpaired) electrons. The van der Waals surface area contributed by atoms with Gasteiger partial charge in [0, 0.05) is 72.7 Å². The van der Waals surface area contributed by atoms with E-state index in [1.807, 2.05) is 32.9 Å². The van der Waals surface area contributed by atoms with Gasteiger partial charge in [0.05, 0.1) is 9.79 Å². The fourth-order valence-electron chi connectivity index (χ4n) is 5.37. The van der Waals surface area contributed by atoms with Gasteiger partial charge in [-0.1, -0.05) is 0 Å². The molecule has 2 aromatic carbocycles. The minimum atomic E-state index is -3.69. The van der Waals surface area contributed by atoms with E-state index in [1.54, 1.807) is 36.4 Å². The van der Waals surface area contributed by atoms with Gasteiger partial charge in [-0.3, -0.25) is 9.44 Å². The molecule has 0 saturated carbocycles. The van der Waals surface area contributed by atoms with Crippen molar-refractivity contribution in [1.29, 1.82) is 0 Å². The van der Waals surface area contributed by atoms with Crippen molar-refractivity contribution in [2.24, 2.45) is 5.73 Å². The number of ether oxygens (including phenoxy) is 1. The third-order valence-electron chi connectivity index (χ3n) is 7.95. The number of sulfonamides is 2. The number of hydrogen-bond donors (Lipinski definition) is 4. The highest BCUT2D eigenvalue weighted by Crippen LogP contribution is 2.25. The number of rotatable bonds is 9. The molecule has 51 heavy (non-hydrogen) atoms. The molecule has 2 aliphatic rings. The standard InChI is InChI=1S/C18H25N5O4S2.C13H17N5O2S2/c1-18(2,3)27-17(24)21-13-8-10-23(11-9-13)14-4-6-15(7-5-14)29(25,26)22-16-19-12-20-28-16;14-10-5-7-18(8-6-10)11-1-3-12(4-2-11)22(19,20)17-13-15-9-16-21-13/h4-7,12-13H,8-11H2,1-3H3,(H,21,24)(H,19,20,22);1-4,9-10H,5-8,14H2,(H,15,16,17). The van der Waals surface area contributed by atoms with E-state index < -0.39 is 31.7 Å². The highest BCUT2D eigenvalue weighted by atomic mass is 32.2. The van der Waals surface area contributed by atoms with Crippen molar-refractivity contribution in [2.45, 2.75) is 73.9 Å². The van der Waals surface area contributed by atoms with Crippen LogP contribution in [0.1, 0.15) is 46.5 Å². The molecule has 5 N–H and O–H groups in total.